The number of carbonyl (C=O) groups excluding carboxylic acids is 1. The third kappa shape index (κ3) is 6.36. The molecule has 22 heavy (non-hydrogen) atoms. The second kappa shape index (κ2) is 9.84. The van der Waals surface area contributed by atoms with E-state index in [1.807, 2.05) is 0 Å². The van der Waals surface area contributed by atoms with E-state index < -0.39 is 0 Å². The Labute approximate surface area is 136 Å². The summed E-state index contributed by atoms with van der Waals surface area (Å²) in [6.45, 7) is 1.31. The maximum Gasteiger partial charge on any atom is 0.230 e. The minimum absolute atomic E-state index is 0.0124. The van der Waals surface area contributed by atoms with Gasteiger partial charge in [0.1, 0.15) is 5.82 Å². The van der Waals surface area contributed by atoms with Gasteiger partial charge >= 0.3 is 0 Å². The largest absolute Gasteiger partial charge is 0.385 e. The summed E-state index contributed by atoms with van der Waals surface area (Å²) in [4.78, 5) is 16.1. The lowest BCUT2D eigenvalue weighted by Gasteiger charge is -2.05. The van der Waals surface area contributed by atoms with E-state index in [1.165, 1.54) is 43.9 Å². The van der Waals surface area contributed by atoms with Crippen molar-refractivity contribution in [3.05, 3.63) is 5.82 Å². The van der Waals surface area contributed by atoms with Crippen molar-refractivity contribution in [2.24, 2.45) is 5.92 Å². The molecule has 1 aliphatic carbocycles. The fraction of sp³-hybridized carbons (Fsp3) is 0.800. The molecule has 0 aromatic carbocycles. The second-order valence-corrected chi connectivity index (χ2v) is 6.68. The van der Waals surface area contributed by atoms with Gasteiger partial charge in [-0.25, -0.2) is 4.98 Å². The van der Waals surface area contributed by atoms with Crippen LogP contribution in [0.25, 0.3) is 0 Å². The minimum Gasteiger partial charge on any atom is -0.385 e. The number of aromatic nitrogens is 3. The molecule has 6 nitrogen and oxygen atoms in total. The Hall–Kier alpha value is -1.08. The number of ether oxygens (including phenoxy) is 1. The molecular formula is C15H26N4O2S. The summed E-state index contributed by atoms with van der Waals surface area (Å²) < 4.78 is 4.93. The van der Waals surface area contributed by atoms with Crippen LogP contribution in [-0.2, 0) is 16.0 Å². The number of hydrogen-bond donors (Lipinski definition) is 2. The number of nitrogens with zero attached hydrogens (tertiary/aromatic N) is 2. The maximum absolute atomic E-state index is 11.6. The summed E-state index contributed by atoms with van der Waals surface area (Å²) in [5, 5.41) is 10.7. The van der Waals surface area contributed by atoms with Gasteiger partial charge in [0, 0.05) is 26.7 Å². The molecule has 0 saturated heterocycles. The number of aryl methyl sites for hydroxylation is 1. The van der Waals surface area contributed by atoms with Crippen LogP contribution in [0.5, 0.6) is 0 Å². The first-order valence-corrected chi connectivity index (χ1v) is 9.06. The molecule has 0 atom stereocenters. The fourth-order valence-electron chi connectivity index (χ4n) is 2.72. The number of thioether (sulfide) groups is 1. The molecule has 124 valence electrons. The van der Waals surface area contributed by atoms with E-state index in [1.54, 1.807) is 7.11 Å². The van der Waals surface area contributed by atoms with Gasteiger partial charge in [-0.1, -0.05) is 37.4 Å². The molecule has 1 heterocycles. The molecular weight excluding hydrogens is 300 g/mol. The third-order valence-electron chi connectivity index (χ3n) is 3.96. The number of methoxy groups -OCH3 is 1. The normalized spacial score (nSPS) is 15.3. The molecule has 2 N–H and O–H groups in total. The Balaban J connectivity index is 1.60. The van der Waals surface area contributed by atoms with Crippen LogP contribution < -0.4 is 5.32 Å². The average molecular weight is 326 g/mol. The zero-order valence-electron chi connectivity index (χ0n) is 13.3. The van der Waals surface area contributed by atoms with Crippen molar-refractivity contribution >= 4 is 17.7 Å². The van der Waals surface area contributed by atoms with Gasteiger partial charge in [0.15, 0.2) is 0 Å². The Bertz CT molecular complexity index is 447. The smallest absolute Gasteiger partial charge is 0.230 e. The fourth-order valence-corrected chi connectivity index (χ4v) is 3.37. The van der Waals surface area contributed by atoms with Crippen molar-refractivity contribution in [2.45, 2.75) is 50.1 Å². The first kappa shape index (κ1) is 17.3. The van der Waals surface area contributed by atoms with E-state index >= 15 is 0 Å². The van der Waals surface area contributed by atoms with Crippen LogP contribution in [0.1, 0.15) is 44.3 Å². The first-order valence-electron chi connectivity index (χ1n) is 8.07. The van der Waals surface area contributed by atoms with Gasteiger partial charge in [0.2, 0.25) is 11.1 Å². The lowest BCUT2D eigenvalue weighted by molar-refractivity contribution is -0.118. The SMILES string of the molecule is COCCCNC(=O)CSc1n[nH]c(CCC2CCCC2)n1. The van der Waals surface area contributed by atoms with Crippen LogP contribution >= 0.6 is 11.8 Å². The lowest BCUT2D eigenvalue weighted by Crippen LogP contribution is -2.26. The van der Waals surface area contributed by atoms with Crippen molar-refractivity contribution in [3.63, 3.8) is 0 Å². The van der Waals surface area contributed by atoms with Gasteiger partial charge in [-0.05, 0) is 18.8 Å². The minimum atomic E-state index is 0.0124. The van der Waals surface area contributed by atoms with Gasteiger partial charge in [0.25, 0.3) is 0 Å². The van der Waals surface area contributed by atoms with E-state index in [0.29, 0.717) is 24.1 Å². The highest BCUT2D eigenvalue weighted by Gasteiger charge is 2.15. The highest BCUT2D eigenvalue weighted by atomic mass is 32.2. The van der Waals surface area contributed by atoms with E-state index in [4.69, 9.17) is 4.74 Å². The van der Waals surface area contributed by atoms with Crippen LogP contribution in [-0.4, -0.2) is 47.1 Å². The number of amides is 1. The van der Waals surface area contributed by atoms with Gasteiger partial charge in [-0.2, -0.15) is 0 Å². The van der Waals surface area contributed by atoms with Gasteiger partial charge in [0.05, 0.1) is 5.75 Å². The number of aromatic amines is 1. The molecule has 1 aromatic heterocycles. The molecule has 0 spiro atoms. The topological polar surface area (TPSA) is 79.9 Å². The molecule has 2 rings (SSSR count). The third-order valence-corrected chi connectivity index (χ3v) is 4.80. The molecule has 1 aromatic rings. The van der Waals surface area contributed by atoms with Crippen molar-refractivity contribution in [1.29, 1.82) is 0 Å². The summed E-state index contributed by atoms with van der Waals surface area (Å²) in [7, 11) is 1.66. The van der Waals surface area contributed by atoms with Crippen molar-refractivity contribution in [1.82, 2.24) is 20.5 Å². The summed E-state index contributed by atoms with van der Waals surface area (Å²) in [6.07, 6.45) is 8.46. The molecule has 1 amide bonds. The molecule has 0 unspecified atom stereocenters. The van der Waals surface area contributed by atoms with Gasteiger partial charge in [-0.3, -0.25) is 9.89 Å². The van der Waals surface area contributed by atoms with Crippen molar-refractivity contribution in [2.75, 3.05) is 26.0 Å². The molecule has 1 aliphatic rings. The highest BCUT2D eigenvalue weighted by Crippen LogP contribution is 2.28. The van der Waals surface area contributed by atoms with Crippen LogP contribution in [0.15, 0.2) is 5.16 Å². The highest BCUT2D eigenvalue weighted by molar-refractivity contribution is 7.99. The predicted octanol–water partition coefficient (Wildman–Crippen LogP) is 2.17. The van der Waals surface area contributed by atoms with Crippen molar-refractivity contribution in [3.8, 4) is 0 Å². The monoisotopic (exact) mass is 326 g/mol. The van der Waals surface area contributed by atoms with Crippen LogP contribution in [0.3, 0.4) is 0 Å². The lowest BCUT2D eigenvalue weighted by atomic mass is 10.0. The van der Waals surface area contributed by atoms with E-state index in [0.717, 1.165) is 24.6 Å². The molecule has 1 saturated carbocycles. The van der Waals surface area contributed by atoms with Crippen LogP contribution in [0, 0.1) is 5.92 Å². The number of carbonyl (C=O) groups is 1. The second-order valence-electron chi connectivity index (χ2n) is 5.74. The molecule has 0 radical (unpaired) electrons. The number of nitrogens with one attached hydrogen (secondary N) is 2. The van der Waals surface area contributed by atoms with Gasteiger partial charge in [-0.15, -0.1) is 5.10 Å². The molecule has 7 heteroatoms. The quantitative estimate of drug-likeness (QED) is 0.509. The summed E-state index contributed by atoms with van der Waals surface area (Å²) in [5.74, 6) is 2.17. The summed E-state index contributed by atoms with van der Waals surface area (Å²) >= 11 is 1.37. The number of hydrogen-bond acceptors (Lipinski definition) is 5. The maximum atomic E-state index is 11.6. The number of rotatable bonds is 10. The summed E-state index contributed by atoms with van der Waals surface area (Å²) in [5.41, 5.74) is 0. The van der Waals surface area contributed by atoms with E-state index in [9.17, 15) is 4.79 Å². The zero-order chi connectivity index (χ0) is 15.6. The average Bonchev–Trinajstić information content (AvgIpc) is 3.18. The molecule has 1 fully saturated rings. The summed E-state index contributed by atoms with van der Waals surface area (Å²) in [6, 6.07) is 0. The van der Waals surface area contributed by atoms with Gasteiger partial charge < -0.3 is 10.1 Å². The van der Waals surface area contributed by atoms with E-state index in [2.05, 4.69) is 20.5 Å². The zero-order valence-corrected chi connectivity index (χ0v) is 14.1. The predicted molar refractivity (Wildman–Crippen MR) is 86.9 cm³/mol. The molecule has 0 aliphatic heterocycles. The van der Waals surface area contributed by atoms with E-state index in [-0.39, 0.29) is 5.91 Å². The van der Waals surface area contributed by atoms with Crippen LogP contribution in [0.4, 0.5) is 0 Å². The molecule has 0 bridgehead atoms. The Morgan fingerprint density at radius 2 is 2.27 bits per heavy atom. The number of H-pyrrole nitrogens is 1. The Morgan fingerprint density at radius 3 is 3.05 bits per heavy atom. The first-order chi connectivity index (χ1) is 10.8. The Morgan fingerprint density at radius 1 is 1.45 bits per heavy atom. The standard InChI is InChI=1S/C15H26N4O2S/c1-21-10-4-9-16-14(20)11-22-15-17-13(18-19-15)8-7-12-5-2-3-6-12/h12H,2-11H2,1H3,(H,16,20)(H,17,18,19). The Kier molecular flexibility index (Phi) is 7.73. The van der Waals surface area contributed by atoms with Crippen LogP contribution in [0.2, 0.25) is 0 Å². The van der Waals surface area contributed by atoms with Crippen molar-refractivity contribution < 1.29 is 9.53 Å².